The van der Waals surface area contributed by atoms with Crippen LogP contribution in [0.2, 0.25) is 0 Å². The molecular weight excluding hydrogens is 685 g/mol. The van der Waals surface area contributed by atoms with Crippen LogP contribution in [0.3, 0.4) is 0 Å². The summed E-state index contributed by atoms with van der Waals surface area (Å²) < 4.78 is 7.28. The molecule has 10 rings (SSSR count). The van der Waals surface area contributed by atoms with Crippen molar-refractivity contribution in [2.75, 3.05) is 0 Å². The minimum Gasteiger partial charge on any atom is -0.405 e. The van der Waals surface area contributed by atoms with Crippen LogP contribution in [0.5, 0.6) is 0 Å². The molecule has 6 nitrogen and oxygen atoms in total. The Kier molecular flexibility index (Phi) is 9.61. The van der Waals surface area contributed by atoms with Crippen LogP contribution in [0, 0.1) is 17.7 Å². The van der Waals surface area contributed by atoms with Crippen molar-refractivity contribution in [1.82, 2.24) is 13.7 Å². The summed E-state index contributed by atoms with van der Waals surface area (Å²) in [4.78, 5) is 0. The molecule has 0 amide bonds. The lowest BCUT2D eigenvalue weighted by Gasteiger charge is -2.25. The standard InChI is InChI=1S/C44H30N4.C3H6N2.C3H6/c1-28-26-29(27-45)43(47-38-22-10-4-16-32(38)33-17-5-11-23-39(33)47)44(48-40-24-12-6-18-34(40)35-19-7-13-25-41(35)48)42(28)46-36-20-8-2-14-30(36)31-15-3-9-21-37(31)46;4-2-1-3-5;1-3-2/h2-27,45H,1H3;1-4H,5H2;3H,1H2,2H3/b;3-1-,4-2?;. The molecule has 0 radical (unpaired) electrons. The minimum absolute atomic E-state index is 0.861. The SMILES string of the molecule is C=CC.Cc1cc(C=N)c(-n2c3ccccc3c3ccccc32)c(-n2c3ccccc3c3ccccc32)c1-n1c2ccccc2c2ccccc21.N=C/C=C\N. The second kappa shape index (κ2) is 15.1. The average molecular weight is 727 g/mol. The van der Waals surface area contributed by atoms with Gasteiger partial charge in [0.1, 0.15) is 0 Å². The van der Waals surface area contributed by atoms with Gasteiger partial charge in [0.2, 0.25) is 0 Å². The fourth-order valence-corrected chi connectivity index (χ4v) is 8.19. The maximum Gasteiger partial charge on any atom is 0.0956 e. The third-order valence-electron chi connectivity index (χ3n) is 10.2. The maximum atomic E-state index is 8.90. The second-order valence-electron chi connectivity index (χ2n) is 13.5. The fourth-order valence-electron chi connectivity index (χ4n) is 8.19. The molecule has 7 aromatic carbocycles. The van der Waals surface area contributed by atoms with Crippen molar-refractivity contribution in [2.24, 2.45) is 5.73 Å². The van der Waals surface area contributed by atoms with Crippen molar-refractivity contribution in [2.45, 2.75) is 13.8 Å². The number of hydrogen-bond acceptors (Lipinski definition) is 3. The van der Waals surface area contributed by atoms with Crippen LogP contribution in [0.25, 0.3) is 82.5 Å². The molecular formula is C50H42N6. The van der Waals surface area contributed by atoms with Gasteiger partial charge in [-0.3, -0.25) is 0 Å². The van der Waals surface area contributed by atoms with E-state index in [0.717, 1.165) is 67.5 Å². The topological polar surface area (TPSA) is 88.5 Å². The summed E-state index contributed by atoms with van der Waals surface area (Å²) in [5.41, 5.74) is 16.7. The Morgan fingerprint density at radius 3 is 1.04 bits per heavy atom. The van der Waals surface area contributed by atoms with Gasteiger partial charge in [0.15, 0.2) is 0 Å². The van der Waals surface area contributed by atoms with Crippen LogP contribution < -0.4 is 5.73 Å². The van der Waals surface area contributed by atoms with Gasteiger partial charge in [-0.15, -0.1) is 6.58 Å². The number of allylic oxidation sites excluding steroid dienone is 2. The summed E-state index contributed by atoms with van der Waals surface area (Å²) in [6.45, 7) is 7.44. The largest absolute Gasteiger partial charge is 0.405 e. The molecule has 3 aromatic heterocycles. The van der Waals surface area contributed by atoms with Crippen molar-refractivity contribution in [3.8, 4) is 17.1 Å². The van der Waals surface area contributed by atoms with E-state index in [1.807, 2.05) is 6.92 Å². The molecule has 0 aliphatic heterocycles. The van der Waals surface area contributed by atoms with E-state index in [1.165, 1.54) is 50.8 Å². The number of aryl methyl sites for hydroxylation is 1. The van der Waals surface area contributed by atoms with Gasteiger partial charge in [-0.1, -0.05) is 115 Å². The average Bonchev–Trinajstić information content (AvgIpc) is 3.87. The Hall–Kier alpha value is -7.44. The summed E-state index contributed by atoms with van der Waals surface area (Å²) in [7, 11) is 0. The number of nitrogens with zero attached hydrogens (tertiary/aromatic N) is 3. The molecule has 10 aromatic rings. The Balaban J connectivity index is 0.000000507. The molecule has 0 saturated carbocycles. The molecule has 0 unspecified atom stereocenters. The van der Waals surface area contributed by atoms with Crippen molar-refractivity contribution in [3.05, 3.63) is 188 Å². The van der Waals surface area contributed by atoms with E-state index >= 15 is 0 Å². The third-order valence-corrected chi connectivity index (χ3v) is 10.2. The third kappa shape index (κ3) is 5.67. The van der Waals surface area contributed by atoms with Gasteiger partial charge in [-0.05, 0) is 74.2 Å². The van der Waals surface area contributed by atoms with Crippen LogP contribution in [-0.4, -0.2) is 26.1 Å². The van der Waals surface area contributed by atoms with Crippen LogP contribution in [0.4, 0.5) is 0 Å². The van der Waals surface area contributed by atoms with E-state index in [4.69, 9.17) is 16.6 Å². The molecule has 0 aliphatic carbocycles. The van der Waals surface area contributed by atoms with E-state index in [9.17, 15) is 0 Å². The molecule has 272 valence electrons. The zero-order chi connectivity index (χ0) is 38.8. The van der Waals surface area contributed by atoms with Gasteiger partial charge >= 0.3 is 0 Å². The Bertz CT molecular complexity index is 2970. The highest BCUT2D eigenvalue weighted by Crippen LogP contribution is 2.44. The van der Waals surface area contributed by atoms with E-state index in [1.54, 1.807) is 6.08 Å². The molecule has 3 heterocycles. The molecule has 0 aliphatic rings. The Morgan fingerprint density at radius 1 is 0.482 bits per heavy atom. The van der Waals surface area contributed by atoms with Crippen molar-refractivity contribution in [3.63, 3.8) is 0 Å². The van der Waals surface area contributed by atoms with Gasteiger partial charge in [0, 0.05) is 50.3 Å². The molecule has 6 heteroatoms. The first-order valence-electron chi connectivity index (χ1n) is 18.7. The molecule has 4 N–H and O–H groups in total. The zero-order valence-electron chi connectivity index (χ0n) is 31.4. The number of hydrogen-bond donors (Lipinski definition) is 3. The predicted molar refractivity (Wildman–Crippen MR) is 240 cm³/mol. The lowest BCUT2D eigenvalue weighted by molar-refractivity contribution is 1.03. The molecule has 0 saturated heterocycles. The number of fused-ring (bicyclic) bond motifs is 9. The van der Waals surface area contributed by atoms with Gasteiger partial charge < -0.3 is 30.3 Å². The molecule has 0 fully saturated rings. The van der Waals surface area contributed by atoms with Crippen LogP contribution >= 0.6 is 0 Å². The van der Waals surface area contributed by atoms with Gasteiger partial charge in [0.25, 0.3) is 0 Å². The first-order chi connectivity index (χ1) is 27.6. The summed E-state index contributed by atoms with van der Waals surface area (Å²) in [5.74, 6) is 0. The lowest BCUT2D eigenvalue weighted by Crippen LogP contribution is -2.13. The smallest absolute Gasteiger partial charge is 0.0956 e. The minimum atomic E-state index is 0.861. The van der Waals surface area contributed by atoms with Crippen molar-refractivity contribution < 1.29 is 0 Å². The molecule has 0 atom stereocenters. The monoisotopic (exact) mass is 726 g/mol. The van der Waals surface area contributed by atoms with Crippen molar-refractivity contribution in [1.29, 1.82) is 10.8 Å². The van der Waals surface area contributed by atoms with E-state index in [0.29, 0.717) is 0 Å². The first-order valence-corrected chi connectivity index (χ1v) is 18.7. The number of benzene rings is 7. The summed E-state index contributed by atoms with van der Waals surface area (Å²) in [5, 5.41) is 22.4. The van der Waals surface area contributed by atoms with Crippen LogP contribution in [0.15, 0.2) is 177 Å². The maximum absolute atomic E-state index is 8.90. The summed E-state index contributed by atoms with van der Waals surface area (Å²) in [6.07, 6.45) is 7.16. The molecule has 0 bridgehead atoms. The van der Waals surface area contributed by atoms with E-state index < -0.39 is 0 Å². The number of nitrogens with one attached hydrogen (secondary N) is 2. The predicted octanol–water partition coefficient (Wildman–Crippen LogP) is 12.6. The molecule has 0 spiro atoms. The highest BCUT2D eigenvalue weighted by Gasteiger charge is 2.27. The normalized spacial score (nSPS) is 11.2. The fraction of sp³-hybridized carbons (Fsp3) is 0.0400. The highest BCUT2D eigenvalue weighted by atomic mass is 15.1. The Morgan fingerprint density at radius 2 is 0.768 bits per heavy atom. The van der Waals surface area contributed by atoms with Crippen LogP contribution in [-0.2, 0) is 0 Å². The van der Waals surface area contributed by atoms with Crippen molar-refractivity contribution >= 4 is 77.8 Å². The second-order valence-corrected chi connectivity index (χ2v) is 13.5. The number of nitrogens with two attached hydrogens (primary N) is 1. The zero-order valence-corrected chi connectivity index (χ0v) is 31.4. The van der Waals surface area contributed by atoms with Gasteiger partial charge in [-0.2, -0.15) is 0 Å². The van der Waals surface area contributed by atoms with E-state index in [2.05, 4.69) is 179 Å². The summed E-state index contributed by atoms with van der Waals surface area (Å²) >= 11 is 0. The van der Waals surface area contributed by atoms with E-state index in [-0.39, 0.29) is 0 Å². The number of para-hydroxylation sites is 6. The highest BCUT2D eigenvalue weighted by molar-refractivity contribution is 6.14. The van der Waals surface area contributed by atoms with Gasteiger partial charge in [-0.25, -0.2) is 0 Å². The van der Waals surface area contributed by atoms with Crippen LogP contribution in [0.1, 0.15) is 18.1 Å². The number of aromatic nitrogens is 3. The first kappa shape index (κ1) is 35.6. The number of rotatable bonds is 5. The lowest BCUT2D eigenvalue weighted by atomic mass is 10.0. The summed E-state index contributed by atoms with van der Waals surface area (Å²) in [6, 6.07) is 54.3. The van der Waals surface area contributed by atoms with Gasteiger partial charge in [0.05, 0.1) is 50.2 Å². The molecule has 56 heavy (non-hydrogen) atoms. The quantitative estimate of drug-likeness (QED) is 0.120. The Labute approximate surface area is 325 Å².